The zero-order valence-electron chi connectivity index (χ0n) is 15.8. The van der Waals surface area contributed by atoms with E-state index in [2.05, 4.69) is 20.8 Å². The summed E-state index contributed by atoms with van der Waals surface area (Å²) in [4.78, 5) is 50.1. The monoisotopic (exact) mass is 393 g/mol. The Kier molecular flexibility index (Phi) is 4.79. The third-order valence-electron chi connectivity index (χ3n) is 5.11. The third kappa shape index (κ3) is 3.58. The molecule has 1 aromatic carbocycles. The maximum absolute atomic E-state index is 12.7. The number of piperidine rings is 1. The fourth-order valence-electron chi connectivity index (χ4n) is 3.52. The first-order valence-electron chi connectivity index (χ1n) is 9.38. The lowest BCUT2D eigenvalue weighted by molar-refractivity contribution is -0.136. The molecule has 0 spiro atoms. The molecule has 3 heterocycles. The minimum Gasteiger partial charge on any atom is -0.322 e. The Bertz CT molecular complexity index is 1020. The van der Waals surface area contributed by atoms with E-state index in [-0.39, 0.29) is 30.7 Å². The van der Waals surface area contributed by atoms with E-state index in [1.54, 1.807) is 30.3 Å². The fourth-order valence-corrected chi connectivity index (χ4v) is 3.52. The Morgan fingerprint density at radius 2 is 2.03 bits per heavy atom. The summed E-state index contributed by atoms with van der Waals surface area (Å²) in [6.07, 6.45) is 1.25. The maximum atomic E-state index is 12.7. The second-order valence-corrected chi connectivity index (χ2v) is 6.99. The van der Waals surface area contributed by atoms with Gasteiger partial charge in [0.25, 0.3) is 11.8 Å². The molecule has 2 aliphatic rings. The molecule has 1 aromatic heterocycles. The number of fused-ring (bicyclic) bond motifs is 1. The van der Waals surface area contributed by atoms with Gasteiger partial charge in [-0.15, -0.1) is 5.10 Å². The van der Waals surface area contributed by atoms with Gasteiger partial charge in [-0.25, -0.2) is 0 Å². The number of carbonyl (C=O) groups excluding carboxylic acids is 4. The smallest absolute Gasteiger partial charge is 0.256 e. The highest BCUT2D eigenvalue weighted by molar-refractivity contribution is 6.07. The summed E-state index contributed by atoms with van der Waals surface area (Å²) < 4.78 is 0. The normalized spacial score (nSPS) is 18.4. The van der Waals surface area contributed by atoms with E-state index in [0.29, 0.717) is 28.9 Å². The van der Waals surface area contributed by atoms with Crippen LogP contribution in [0.1, 0.15) is 51.7 Å². The number of hydrogen-bond donors (Lipinski definition) is 2. The largest absolute Gasteiger partial charge is 0.322 e. The van der Waals surface area contributed by atoms with Crippen LogP contribution in [-0.4, -0.2) is 44.8 Å². The van der Waals surface area contributed by atoms with Crippen molar-refractivity contribution in [2.24, 2.45) is 0 Å². The molecular weight excluding hydrogens is 374 g/mol. The molecule has 29 heavy (non-hydrogen) atoms. The van der Waals surface area contributed by atoms with Gasteiger partial charge in [0.1, 0.15) is 6.04 Å². The molecule has 2 N–H and O–H groups in total. The van der Waals surface area contributed by atoms with Crippen LogP contribution in [0.25, 0.3) is 0 Å². The van der Waals surface area contributed by atoms with E-state index in [9.17, 15) is 19.2 Å². The van der Waals surface area contributed by atoms with Gasteiger partial charge in [-0.2, -0.15) is 5.10 Å². The van der Waals surface area contributed by atoms with Crippen molar-refractivity contribution in [2.75, 3.05) is 5.32 Å². The van der Waals surface area contributed by atoms with Gasteiger partial charge in [0.05, 0.1) is 5.69 Å². The van der Waals surface area contributed by atoms with E-state index < -0.39 is 11.9 Å². The van der Waals surface area contributed by atoms with Crippen LogP contribution < -0.4 is 10.6 Å². The lowest BCUT2D eigenvalue weighted by Gasteiger charge is -2.29. The van der Waals surface area contributed by atoms with Crippen LogP contribution in [0.5, 0.6) is 0 Å². The van der Waals surface area contributed by atoms with Gasteiger partial charge in [0.15, 0.2) is 5.82 Å². The van der Waals surface area contributed by atoms with Crippen LogP contribution in [0.3, 0.4) is 0 Å². The van der Waals surface area contributed by atoms with Crippen molar-refractivity contribution in [1.82, 2.24) is 20.4 Å². The minimum atomic E-state index is -0.683. The molecule has 1 saturated heterocycles. The van der Waals surface area contributed by atoms with Crippen molar-refractivity contribution in [3.05, 3.63) is 52.7 Å². The summed E-state index contributed by atoms with van der Waals surface area (Å²) in [6.45, 7) is 2.18. The molecule has 0 saturated carbocycles. The predicted octanol–water partition coefficient (Wildman–Crippen LogP) is 1.05. The molecule has 0 radical (unpaired) electrons. The Morgan fingerprint density at radius 1 is 1.21 bits per heavy atom. The van der Waals surface area contributed by atoms with Crippen molar-refractivity contribution in [2.45, 2.75) is 38.8 Å². The number of anilines is 1. The van der Waals surface area contributed by atoms with Crippen molar-refractivity contribution < 1.29 is 19.2 Å². The Balaban J connectivity index is 1.50. The Labute approximate surface area is 166 Å². The van der Waals surface area contributed by atoms with Gasteiger partial charge >= 0.3 is 0 Å². The summed E-state index contributed by atoms with van der Waals surface area (Å²) in [5.41, 5.74) is 2.33. The van der Waals surface area contributed by atoms with Crippen LogP contribution >= 0.6 is 0 Å². The zero-order chi connectivity index (χ0) is 20.5. The molecule has 4 rings (SSSR count). The average molecular weight is 393 g/mol. The van der Waals surface area contributed by atoms with E-state index in [4.69, 9.17) is 0 Å². The SMILES string of the molecule is CCc1ccc(NC(=O)c2ccc3c(c2)CN(C2CCC(=O)NC2=O)C3=O)nn1. The van der Waals surface area contributed by atoms with Gasteiger partial charge in [-0.3, -0.25) is 24.5 Å². The highest BCUT2D eigenvalue weighted by Gasteiger charge is 2.39. The van der Waals surface area contributed by atoms with Crippen molar-refractivity contribution in [1.29, 1.82) is 0 Å². The van der Waals surface area contributed by atoms with Crippen LogP contribution in [0, 0.1) is 0 Å². The topological polar surface area (TPSA) is 121 Å². The molecule has 9 heteroatoms. The summed E-state index contributed by atoms with van der Waals surface area (Å²) >= 11 is 0. The van der Waals surface area contributed by atoms with Crippen LogP contribution in [0.15, 0.2) is 30.3 Å². The molecule has 1 atom stereocenters. The van der Waals surface area contributed by atoms with Crippen molar-refractivity contribution in [3.8, 4) is 0 Å². The van der Waals surface area contributed by atoms with Gasteiger partial charge in [-0.05, 0) is 48.7 Å². The highest BCUT2D eigenvalue weighted by Crippen LogP contribution is 2.28. The summed E-state index contributed by atoms with van der Waals surface area (Å²) in [5, 5.41) is 12.9. The number of amides is 4. The average Bonchev–Trinajstić information content (AvgIpc) is 3.04. The van der Waals surface area contributed by atoms with Crippen molar-refractivity contribution >= 4 is 29.4 Å². The number of aromatic nitrogens is 2. The van der Waals surface area contributed by atoms with E-state index in [0.717, 1.165) is 12.1 Å². The zero-order valence-corrected chi connectivity index (χ0v) is 15.8. The first-order chi connectivity index (χ1) is 14.0. The van der Waals surface area contributed by atoms with Gasteiger partial charge in [0.2, 0.25) is 11.8 Å². The van der Waals surface area contributed by atoms with Gasteiger partial charge < -0.3 is 10.2 Å². The quantitative estimate of drug-likeness (QED) is 0.749. The number of rotatable bonds is 4. The standard InChI is InChI=1S/C20H19N5O4/c1-2-13-4-7-16(24-23-13)21-18(27)11-3-5-14-12(9-11)10-25(20(14)29)15-6-8-17(26)22-19(15)28/h3-5,7,9,15H,2,6,8,10H2,1H3,(H,21,24,27)(H,22,26,28). The lowest BCUT2D eigenvalue weighted by Crippen LogP contribution is -2.52. The molecule has 148 valence electrons. The second kappa shape index (κ2) is 7.42. The summed E-state index contributed by atoms with van der Waals surface area (Å²) in [5.74, 6) is -1.09. The number of aryl methyl sites for hydroxylation is 1. The number of nitrogens with zero attached hydrogens (tertiary/aromatic N) is 3. The molecule has 1 unspecified atom stereocenters. The first-order valence-corrected chi connectivity index (χ1v) is 9.38. The number of hydrogen-bond acceptors (Lipinski definition) is 6. The number of imide groups is 1. The maximum Gasteiger partial charge on any atom is 0.256 e. The predicted molar refractivity (Wildman–Crippen MR) is 102 cm³/mol. The van der Waals surface area contributed by atoms with Crippen LogP contribution in [0.2, 0.25) is 0 Å². The van der Waals surface area contributed by atoms with Crippen LogP contribution in [-0.2, 0) is 22.6 Å². The molecule has 9 nitrogen and oxygen atoms in total. The van der Waals surface area contributed by atoms with Gasteiger partial charge in [0, 0.05) is 24.1 Å². The third-order valence-corrected chi connectivity index (χ3v) is 5.11. The van der Waals surface area contributed by atoms with Gasteiger partial charge in [-0.1, -0.05) is 6.92 Å². The molecule has 4 amide bonds. The summed E-state index contributed by atoms with van der Waals surface area (Å²) in [6, 6.07) is 7.59. The lowest BCUT2D eigenvalue weighted by atomic mass is 10.0. The van der Waals surface area contributed by atoms with E-state index in [1.165, 1.54) is 4.90 Å². The number of benzene rings is 1. The van der Waals surface area contributed by atoms with E-state index in [1.807, 2.05) is 6.92 Å². The molecule has 0 bridgehead atoms. The molecule has 2 aromatic rings. The first kappa shape index (κ1) is 18.7. The number of nitrogens with one attached hydrogen (secondary N) is 2. The summed E-state index contributed by atoms with van der Waals surface area (Å²) in [7, 11) is 0. The van der Waals surface area contributed by atoms with E-state index >= 15 is 0 Å². The molecule has 2 aliphatic heterocycles. The number of carbonyl (C=O) groups is 4. The highest BCUT2D eigenvalue weighted by atomic mass is 16.2. The Morgan fingerprint density at radius 3 is 2.72 bits per heavy atom. The van der Waals surface area contributed by atoms with Crippen molar-refractivity contribution in [3.63, 3.8) is 0 Å². The minimum absolute atomic E-state index is 0.196. The molecular formula is C20H19N5O4. The second-order valence-electron chi connectivity index (χ2n) is 6.99. The molecule has 1 fully saturated rings. The fraction of sp³-hybridized carbons (Fsp3) is 0.300. The van der Waals surface area contributed by atoms with Crippen LogP contribution in [0.4, 0.5) is 5.82 Å². The Hall–Kier alpha value is -3.62. The molecule has 0 aliphatic carbocycles.